The second-order valence-corrected chi connectivity index (χ2v) is 5.79. The van der Waals surface area contributed by atoms with Gasteiger partial charge in [0, 0.05) is 6.04 Å². The standard InChI is InChI=1S/C13H23FN2O2/c1-15-6-2-11(3-7-15)16-8-4-13(10-14,5-9-16)12(17)18/h11H,2-10H2,1H3,(H,17,18). The molecule has 0 spiro atoms. The third kappa shape index (κ3) is 2.67. The number of hydrogen-bond acceptors (Lipinski definition) is 3. The molecule has 5 heteroatoms. The molecule has 0 amide bonds. The van der Waals surface area contributed by atoms with E-state index in [-0.39, 0.29) is 0 Å². The Morgan fingerprint density at radius 3 is 2.28 bits per heavy atom. The molecule has 0 aromatic rings. The molecule has 0 saturated carbocycles. The maximum atomic E-state index is 13.0. The molecule has 104 valence electrons. The minimum atomic E-state index is -1.11. The molecule has 18 heavy (non-hydrogen) atoms. The Labute approximate surface area is 108 Å². The van der Waals surface area contributed by atoms with Crippen LogP contribution < -0.4 is 0 Å². The highest BCUT2D eigenvalue weighted by Crippen LogP contribution is 2.34. The van der Waals surface area contributed by atoms with E-state index in [2.05, 4.69) is 16.8 Å². The van der Waals surface area contributed by atoms with Gasteiger partial charge in [-0.3, -0.25) is 4.79 Å². The highest BCUT2D eigenvalue weighted by atomic mass is 19.1. The molecule has 0 bridgehead atoms. The lowest BCUT2D eigenvalue weighted by Crippen LogP contribution is -2.51. The molecule has 2 aliphatic heterocycles. The van der Waals surface area contributed by atoms with Crippen LogP contribution in [0, 0.1) is 5.41 Å². The molecule has 1 N–H and O–H groups in total. The predicted octanol–water partition coefficient (Wildman–Crippen LogP) is 1.22. The second kappa shape index (κ2) is 5.53. The largest absolute Gasteiger partial charge is 0.481 e. The van der Waals surface area contributed by atoms with Crippen LogP contribution in [0.3, 0.4) is 0 Å². The van der Waals surface area contributed by atoms with Gasteiger partial charge in [-0.15, -0.1) is 0 Å². The van der Waals surface area contributed by atoms with E-state index in [0.29, 0.717) is 18.9 Å². The van der Waals surface area contributed by atoms with Crippen molar-refractivity contribution in [2.24, 2.45) is 5.41 Å². The summed E-state index contributed by atoms with van der Waals surface area (Å²) in [6, 6.07) is 0.563. The van der Waals surface area contributed by atoms with Gasteiger partial charge in [0.25, 0.3) is 0 Å². The van der Waals surface area contributed by atoms with Crippen LogP contribution in [0.2, 0.25) is 0 Å². The third-order valence-electron chi connectivity index (χ3n) is 4.67. The zero-order chi connectivity index (χ0) is 13.2. The number of carboxylic acid groups (broad SMARTS) is 1. The molecular formula is C13H23FN2O2. The number of likely N-dealkylation sites (tertiary alicyclic amines) is 2. The summed E-state index contributed by atoms with van der Waals surface area (Å²) in [6.07, 6.45) is 3.19. The molecule has 4 nitrogen and oxygen atoms in total. The quantitative estimate of drug-likeness (QED) is 0.826. The lowest BCUT2D eigenvalue weighted by atomic mass is 9.79. The molecule has 0 aromatic heterocycles. The topological polar surface area (TPSA) is 43.8 Å². The molecule has 2 heterocycles. The van der Waals surface area contributed by atoms with Crippen LogP contribution in [0.5, 0.6) is 0 Å². The minimum absolute atomic E-state index is 0.450. The van der Waals surface area contributed by atoms with E-state index in [4.69, 9.17) is 5.11 Å². The fourth-order valence-electron chi connectivity index (χ4n) is 3.08. The van der Waals surface area contributed by atoms with Crippen molar-refractivity contribution in [2.75, 3.05) is 39.9 Å². The number of aliphatic carboxylic acids is 1. The van der Waals surface area contributed by atoms with Gasteiger partial charge in [-0.2, -0.15) is 0 Å². The fourth-order valence-corrected chi connectivity index (χ4v) is 3.08. The number of halogens is 1. The van der Waals surface area contributed by atoms with Crippen molar-refractivity contribution in [1.82, 2.24) is 9.80 Å². The average Bonchev–Trinajstić information content (AvgIpc) is 2.39. The van der Waals surface area contributed by atoms with Gasteiger partial charge in [0.05, 0.1) is 5.41 Å². The summed E-state index contributed by atoms with van der Waals surface area (Å²) in [6.45, 7) is 2.93. The van der Waals surface area contributed by atoms with E-state index in [1.54, 1.807) is 0 Å². The van der Waals surface area contributed by atoms with Gasteiger partial charge in [0.15, 0.2) is 0 Å². The number of carboxylic acids is 1. The molecule has 2 rings (SSSR count). The number of carbonyl (C=O) groups is 1. The van der Waals surface area contributed by atoms with Crippen LogP contribution in [-0.4, -0.2) is 66.8 Å². The number of hydrogen-bond donors (Lipinski definition) is 1. The molecule has 0 aromatic carbocycles. The van der Waals surface area contributed by atoms with Crippen LogP contribution in [0.25, 0.3) is 0 Å². The average molecular weight is 258 g/mol. The molecule has 2 fully saturated rings. The highest BCUT2D eigenvalue weighted by molar-refractivity contribution is 5.75. The van der Waals surface area contributed by atoms with Gasteiger partial charge in [0.1, 0.15) is 6.67 Å². The molecule has 0 aliphatic carbocycles. The van der Waals surface area contributed by atoms with Gasteiger partial charge < -0.3 is 14.9 Å². The Bertz CT molecular complexity index is 295. The summed E-state index contributed by atoms with van der Waals surface area (Å²) in [4.78, 5) is 15.9. The molecule has 2 aliphatic rings. The smallest absolute Gasteiger partial charge is 0.312 e. The summed E-state index contributed by atoms with van der Waals surface area (Å²) in [5.41, 5.74) is -1.11. The first-order valence-electron chi connectivity index (χ1n) is 6.79. The van der Waals surface area contributed by atoms with E-state index >= 15 is 0 Å². The van der Waals surface area contributed by atoms with Crippen molar-refractivity contribution in [3.05, 3.63) is 0 Å². The van der Waals surface area contributed by atoms with Gasteiger partial charge >= 0.3 is 5.97 Å². The molecule has 0 atom stereocenters. The zero-order valence-corrected chi connectivity index (χ0v) is 11.1. The highest BCUT2D eigenvalue weighted by Gasteiger charge is 2.43. The first kappa shape index (κ1) is 13.7. The first-order chi connectivity index (χ1) is 8.57. The van der Waals surface area contributed by atoms with Crippen LogP contribution in [0.15, 0.2) is 0 Å². The van der Waals surface area contributed by atoms with Crippen LogP contribution in [0.4, 0.5) is 4.39 Å². The Morgan fingerprint density at radius 2 is 1.83 bits per heavy atom. The molecule has 2 saturated heterocycles. The zero-order valence-electron chi connectivity index (χ0n) is 11.1. The second-order valence-electron chi connectivity index (χ2n) is 5.79. The van der Waals surface area contributed by atoms with Crippen molar-refractivity contribution < 1.29 is 14.3 Å². The van der Waals surface area contributed by atoms with Crippen molar-refractivity contribution in [3.63, 3.8) is 0 Å². The lowest BCUT2D eigenvalue weighted by molar-refractivity contribution is -0.153. The Kier molecular flexibility index (Phi) is 4.22. The van der Waals surface area contributed by atoms with Crippen molar-refractivity contribution in [2.45, 2.75) is 31.7 Å². The normalized spacial score (nSPS) is 27.2. The summed E-state index contributed by atoms with van der Waals surface area (Å²) in [5, 5.41) is 9.15. The summed E-state index contributed by atoms with van der Waals surface area (Å²) in [5.74, 6) is -0.965. The van der Waals surface area contributed by atoms with Gasteiger partial charge in [-0.1, -0.05) is 0 Å². The van der Waals surface area contributed by atoms with Crippen molar-refractivity contribution in [1.29, 1.82) is 0 Å². The maximum Gasteiger partial charge on any atom is 0.312 e. The lowest BCUT2D eigenvalue weighted by Gasteiger charge is -2.43. The van der Waals surface area contributed by atoms with E-state index < -0.39 is 18.1 Å². The monoisotopic (exact) mass is 258 g/mol. The first-order valence-corrected chi connectivity index (χ1v) is 6.79. The van der Waals surface area contributed by atoms with E-state index in [1.807, 2.05) is 0 Å². The minimum Gasteiger partial charge on any atom is -0.481 e. The SMILES string of the molecule is CN1CCC(N2CCC(CF)(C(=O)O)CC2)CC1. The van der Waals surface area contributed by atoms with Crippen LogP contribution in [0.1, 0.15) is 25.7 Å². The van der Waals surface area contributed by atoms with Crippen LogP contribution in [-0.2, 0) is 4.79 Å². The number of piperidine rings is 2. The molecule has 0 radical (unpaired) electrons. The molecule has 0 unspecified atom stereocenters. The van der Waals surface area contributed by atoms with E-state index in [9.17, 15) is 9.18 Å². The maximum absolute atomic E-state index is 13.0. The predicted molar refractivity (Wildman–Crippen MR) is 67.4 cm³/mol. The molecular weight excluding hydrogens is 235 g/mol. The van der Waals surface area contributed by atoms with Crippen molar-refractivity contribution >= 4 is 5.97 Å². The van der Waals surface area contributed by atoms with Gasteiger partial charge in [-0.25, -0.2) is 4.39 Å². The third-order valence-corrected chi connectivity index (χ3v) is 4.67. The van der Waals surface area contributed by atoms with E-state index in [0.717, 1.165) is 39.0 Å². The summed E-state index contributed by atoms with van der Waals surface area (Å²) in [7, 11) is 2.13. The fraction of sp³-hybridized carbons (Fsp3) is 0.923. The number of nitrogens with zero attached hydrogens (tertiary/aromatic N) is 2. The number of rotatable bonds is 3. The summed E-state index contributed by atoms with van der Waals surface area (Å²) < 4.78 is 13.0. The Morgan fingerprint density at radius 1 is 1.28 bits per heavy atom. The van der Waals surface area contributed by atoms with E-state index in [1.165, 1.54) is 0 Å². The number of alkyl halides is 1. The Hall–Kier alpha value is -0.680. The Balaban J connectivity index is 1.88. The van der Waals surface area contributed by atoms with Crippen LogP contribution >= 0.6 is 0 Å². The summed E-state index contributed by atoms with van der Waals surface area (Å²) >= 11 is 0. The van der Waals surface area contributed by atoms with Gasteiger partial charge in [0.2, 0.25) is 0 Å². The van der Waals surface area contributed by atoms with Gasteiger partial charge in [-0.05, 0) is 58.9 Å². The van der Waals surface area contributed by atoms with Crippen molar-refractivity contribution in [3.8, 4) is 0 Å².